The van der Waals surface area contributed by atoms with Crippen molar-refractivity contribution >= 4 is 35.6 Å². The molecule has 5 nitrogen and oxygen atoms in total. The van der Waals surface area contributed by atoms with Crippen molar-refractivity contribution < 1.29 is 9.59 Å². The molecule has 0 fully saturated rings. The van der Waals surface area contributed by atoms with Gasteiger partial charge in [0.1, 0.15) is 0 Å². The predicted octanol–water partition coefficient (Wildman–Crippen LogP) is 1.28. The van der Waals surface area contributed by atoms with Gasteiger partial charge in [0.2, 0.25) is 11.8 Å². The standard InChI is InChI=1S/C12H15N3O2.ClH/c13-7-12(17)14-9-4-5-10-8(6-9)2-1-3-11(16)15-10;/h4-6H,1-3,7,13H2,(H,14,17)(H,15,16);1H. The van der Waals surface area contributed by atoms with Gasteiger partial charge >= 0.3 is 0 Å². The minimum absolute atomic E-state index is 0. The highest BCUT2D eigenvalue weighted by atomic mass is 35.5. The molecule has 1 aliphatic heterocycles. The van der Waals surface area contributed by atoms with E-state index >= 15 is 0 Å². The van der Waals surface area contributed by atoms with Crippen LogP contribution in [0.3, 0.4) is 0 Å². The Kier molecular flexibility index (Phi) is 5.12. The van der Waals surface area contributed by atoms with E-state index < -0.39 is 0 Å². The summed E-state index contributed by atoms with van der Waals surface area (Å²) in [7, 11) is 0. The van der Waals surface area contributed by atoms with Crippen molar-refractivity contribution in [3.8, 4) is 0 Å². The molecule has 0 saturated heterocycles. The molecule has 0 aliphatic carbocycles. The summed E-state index contributed by atoms with van der Waals surface area (Å²) in [4.78, 5) is 22.5. The van der Waals surface area contributed by atoms with Gasteiger partial charge in [-0.05, 0) is 36.6 Å². The fraction of sp³-hybridized carbons (Fsp3) is 0.333. The van der Waals surface area contributed by atoms with Crippen LogP contribution in [0.1, 0.15) is 18.4 Å². The number of fused-ring (bicyclic) bond motifs is 1. The Morgan fingerprint density at radius 3 is 2.89 bits per heavy atom. The summed E-state index contributed by atoms with van der Waals surface area (Å²) in [6, 6.07) is 5.46. The zero-order valence-electron chi connectivity index (χ0n) is 9.86. The van der Waals surface area contributed by atoms with E-state index in [9.17, 15) is 9.59 Å². The van der Waals surface area contributed by atoms with Crippen LogP contribution in [0, 0.1) is 0 Å². The maximum absolute atomic E-state index is 11.4. The zero-order valence-corrected chi connectivity index (χ0v) is 10.7. The van der Waals surface area contributed by atoms with Crippen LogP contribution in [0.4, 0.5) is 11.4 Å². The Hall–Kier alpha value is -1.59. The van der Waals surface area contributed by atoms with Crippen molar-refractivity contribution in [2.24, 2.45) is 5.73 Å². The lowest BCUT2D eigenvalue weighted by Gasteiger charge is -2.09. The summed E-state index contributed by atoms with van der Waals surface area (Å²) < 4.78 is 0. The summed E-state index contributed by atoms with van der Waals surface area (Å²) in [6.07, 6.45) is 2.20. The molecule has 0 aromatic heterocycles. The average Bonchev–Trinajstić information content (AvgIpc) is 2.49. The molecule has 0 spiro atoms. The molecule has 0 atom stereocenters. The number of halogens is 1. The van der Waals surface area contributed by atoms with Gasteiger partial charge in [0.05, 0.1) is 6.54 Å². The Labute approximate surface area is 112 Å². The first-order valence-corrected chi connectivity index (χ1v) is 5.62. The van der Waals surface area contributed by atoms with Gasteiger partial charge in [-0.15, -0.1) is 12.4 Å². The molecule has 1 aromatic carbocycles. The molecule has 2 amide bonds. The quantitative estimate of drug-likeness (QED) is 0.756. The number of aryl methyl sites for hydroxylation is 1. The Bertz CT molecular complexity index is 463. The number of nitrogens with two attached hydrogens (primary N) is 1. The number of carbonyl (C=O) groups excluding carboxylic acids is 2. The molecule has 1 aromatic rings. The van der Waals surface area contributed by atoms with E-state index in [0.29, 0.717) is 6.42 Å². The molecule has 0 radical (unpaired) electrons. The highest BCUT2D eigenvalue weighted by molar-refractivity contribution is 5.94. The normalized spacial score (nSPS) is 13.7. The molecule has 4 N–H and O–H groups in total. The topological polar surface area (TPSA) is 84.2 Å². The minimum atomic E-state index is -0.220. The van der Waals surface area contributed by atoms with Crippen LogP contribution in [-0.4, -0.2) is 18.4 Å². The molecule has 0 saturated carbocycles. The third-order valence-electron chi connectivity index (χ3n) is 2.70. The van der Waals surface area contributed by atoms with Gasteiger partial charge in [0.25, 0.3) is 0 Å². The fourth-order valence-corrected chi connectivity index (χ4v) is 1.86. The molecule has 0 bridgehead atoms. The summed E-state index contributed by atoms with van der Waals surface area (Å²) in [6.45, 7) is -0.0339. The molecule has 98 valence electrons. The second-order valence-corrected chi connectivity index (χ2v) is 4.03. The van der Waals surface area contributed by atoms with Crippen molar-refractivity contribution in [1.82, 2.24) is 0 Å². The van der Waals surface area contributed by atoms with Crippen LogP contribution in [0.25, 0.3) is 0 Å². The number of rotatable bonds is 2. The van der Waals surface area contributed by atoms with E-state index in [2.05, 4.69) is 10.6 Å². The Balaban J connectivity index is 0.00000162. The van der Waals surface area contributed by atoms with Gasteiger partial charge < -0.3 is 16.4 Å². The lowest BCUT2D eigenvalue weighted by molar-refractivity contribution is -0.116. The average molecular weight is 270 g/mol. The Morgan fingerprint density at radius 2 is 2.17 bits per heavy atom. The van der Waals surface area contributed by atoms with Crippen molar-refractivity contribution in [3.05, 3.63) is 23.8 Å². The van der Waals surface area contributed by atoms with Crippen LogP contribution in [0.2, 0.25) is 0 Å². The summed E-state index contributed by atoms with van der Waals surface area (Å²) in [5.41, 5.74) is 7.83. The summed E-state index contributed by atoms with van der Waals surface area (Å²) in [5.74, 6) is -0.176. The van der Waals surface area contributed by atoms with Gasteiger partial charge in [0, 0.05) is 17.8 Å². The number of hydrogen-bond donors (Lipinski definition) is 3. The van der Waals surface area contributed by atoms with Crippen molar-refractivity contribution in [2.75, 3.05) is 17.2 Å². The maximum atomic E-state index is 11.4. The lowest BCUT2D eigenvalue weighted by Crippen LogP contribution is -2.21. The number of anilines is 2. The maximum Gasteiger partial charge on any atom is 0.238 e. The first-order chi connectivity index (χ1) is 8.19. The molecular formula is C12H16ClN3O2. The fourth-order valence-electron chi connectivity index (χ4n) is 1.86. The van der Waals surface area contributed by atoms with Crippen LogP contribution in [0.15, 0.2) is 18.2 Å². The SMILES string of the molecule is Cl.NCC(=O)Nc1ccc2c(c1)CCCC(=O)N2. The molecule has 1 heterocycles. The molecule has 2 rings (SSSR count). The second kappa shape index (κ2) is 6.37. The summed E-state index contributed by atoms with van der Waals surface area (Å²) in [5, 5.41) is 5.54. The number of hydrogen-bond acceptors (Lipinski definition) is 3. The molecular weight excluding hydrogens is 254 g/mol. The molecule has 1 aliphatic rings. The number of amides is 2. The lowest BCUT2D eigenvalue weighted by atomic mass is 10.1. The smallest absolute Gasteiger partial charge is 0.238 e. The van der Waals surface area contributed by atoms with Gasteiger partial charge in [-0.25, -0.2) is 0 Å². The van der Waals surface area contributed by atoms with Crippen molar-refractivity contribution in [1.29, 1.82) is 0 Å². The molecule has 6 heteroatoms. The van der Waals surface area contributed by atoms with E-state index in [0.717, 1.165) is 29.8 Å². The van der Waals surface area contributed by atoms with Crippen molar-refractivity contribution in [2.45, 2.75) is 19.3 Å². The highest BCUT2D eigenvalue weighted by Crippen LogP contribution is 2.25. The zero-order chi connectivity index (χ0) is 12.3. The number of benzene rings is 1. The van der Waals surface area contributed by atoms with Gasteiger partial charge in [0.15, 0.2) is 0 Å². The number of carbonyl (C=O) groups is 2. The van der Waals surface area contributed by atoms with E-state index in [1.165, 1.54) is 0 Å². The first-order valence-electron chi connectivity index (χ1n) is 5.62. The van der Waals surface area contributed by atoms with Gasteiger partial charge in [-0.1, -0.05) is 0 Å². The van der Waals surface area contributed by atoms with Crippen LogP contribution in [-0.2, 0) is 16.0 Å². The molecule has 18 heavy (non-hydrogen) atoms. The van der Waals surface area contributed by atoms with Crippen molar-refractivity contribution in [3.63, 3.8) is 0 Å². The summed E-state index contributed by atoms with van der Waals surface area (Å²) >= 11 is 0. The van der Waals surface area contributed by atoms with E-state index in [1.54, 1.807) is 6.07 Å². The van der Waals surface area contributed by atoms with Crippen LogP contribution in [0.5, 0.6) is 0 Å². The van der Waals surface area contributed by atoms with E-state index in [4.69, 9.17) is 5.73 Å². The van der Waals surface area contributed by atoms with E-state index in [1.807, 2.05) is 12.1 Å². The predicted molar refractivity (Wildman–Crippen MR) is 72.9 cm³/mol. The Morgan fingerprint density at radius 1 is 1.39 bits per heavy atom. The highest BCUT2D eigenvalue weighted by Gasteiger charge is 2.13. The van der Waals surface area contributed by atoms with Crippen LogP contribution >= 0.6 is 12.4 Å². The number of nitrogens with one attached hydrogen (secondary N) is 2. The third kappa shape index (κ3) is 3.45. The van der Waals surface area contributed by atoms with Gasteiger partial charge in [-0.3, -0.25) is 9.59 Å². The second-order valence-electron chi connectivity index (χ2n) is 4.03. The minimum Gasteiger partial charge on any atom is -0.326 e. The van der Waals surface area contributed by atoms with Gasteiger partial charge in [-0.2, -0.15) is 0 Å². The molecule has 0 unspecified atom stereocenters. The van der Waals surface area contributed by atoms with E-state index in [-0.39, 0.29) is 30.8 Å². The third-order valence-corrected chi connectivity index (χ3v) is 2.70. The van der Waals surface area contributed by atoms with Crippen LogP contribution < -0.4 is 16.4 Å². The largest absolute Gasteiger partial charge is 0.326 e. The first kappa shape index (κ1) is 14.5. The monoisotopic (exact) mass is 269 g/mol.